The first-order valence-corrected chi connectivity index (χ1v) is 10.1. The number of halogens is 1. The van der Waals surface area contributed by atoms with Crippen molar-refractivity contribution in [1.82, 2.24) is 10.2 Å². The summed E-state index contributed by atoms with van der Waals surface area (Å²) in [6, 6.07) is 14.8. The number of ketones is 1. The Morgan fingerprint density at radius 2 is 1.86 bits per heavy atom. The number of nitrogens with zero attached hydrogens (tertiary/aromatic N) is 2. The lowest BCUT2D eigenvalue weighted by Crippen LogP contribution is -2.30. The molecule has 2 aromatic carbocycles. The minimum absolute atomic E-state index is 0.00178. The molecule has 0 radical (unpaired) electrons. The molecule has 1 unspecified atom stereocenters. The quantitative estimate of drug-likeness (QED) is 0.338. The Balaban J connectivity index is 1.51. The molecule has 0 fully saturated rings. The maximum absolute atomic E-state index is 13.6. The number of Topliss-reactive ketones (excluding diaryl/α,β-unsaturated/α-hetero) is 1. The van der Waals surface area contributed by atoms with Crippen molar-refractivity contribution < 1.29 is 18.7 Å². The van der Waals surface area contributed by atoms with Gasteiger partial charge in [0, 0.05) is 5.56 Å². The number of carbonyl (C=O) groups excluding carboxylic acids is 2. The van der Waals surface area contributed by atoms with Crippen LogP contribution in [-0.2, 0) is 4.79 Å². The molecule has 6 nitrogen and oxygen atoms in total. The van der Waals surface area contributed by atoms with Crippen molar-refractivity contribution in [2.45, 2.75) is 17.4 Å². The normalized spacial score (nSPS) is 11.6. The molecule has 3 rings (SSSR count). The highest BCUT2D eigenvalue weighted by molar-refractivity contribution is 8.01. The number of hydrogen-bond acceptors (Lipinski definition) is 7. The highest BCUT2D eigenvalue weighted by Gasteiger charge is 2.18. The van der Waals surface area contributed by atoms with Crippen LogP contribution in [0, 0.1) is 5.82 Å². The maximum atomic E-state index is 13.6. The molecule has 1 amide bonds. The Morgan fingerprint density at radius 1 is 1.14 bits per heavy atom. The average molecular weight is 417 g/mol. The fourth-order valence-electron chi connectivity index (χ4n) is 2.14. The van der Waals surface area contributed by atoms with Crippen LogP contribution >= 0.6 is 23.1 Å². The number of anilines is 1. The molecule has 1 aromatic heterocycles. The summed E-state index contributed by atoms with van der Waals surface area (Å²) in [6.07, 6.45) is -0.920. The molecular weight excluding hydrogens is 401 g/mol. The Bertz CT molecular complexity index is 966. The molecule has 9 heteroatoms. The first-order chi connectivity index (χ1) is 13.5. The topological polar surface area (TPSA) is 81.2 Å². The van der Waals surface area contributed by atoms with Crippen LogP contribution in [0.1, 0.15) is 17.3 Å². The summed E-state index contributed by atoms with van der Waals surface area (Å²) in [5, 5.41) is 10.7. The van der Waals surface area contributed by atoms with Crippen molar-refractivity contribution in [1.29, 1.82) is 0 Å². The van der Waals surface area contributed by atoms with Crippen molar-refractivity contribution in [3.05, 3.63) is 66.0 Å². The predicted octanol–water partition coefficient (Wildman–Crippen LogP) is 4.06. The third kappa shape index (κ3) is 5.37. The van der Waals surface area contributed by atoms with E-state index in [2.05, 4.69) is 15.5 Å². The first kappa shape index (κ1) is 20.0. The lowest BCUT2D eigenvalue weighted by molar-refractivity contribution is -0.122. The highest BCUT2D eigenvalue weighted by Crippen LogP contribution is 2.26. The monoisotopic (exact) mass is 417 g/mol. The maximum Gasteiger partial charge on any atom is 0.266 e. The molecule has 0 saturated carbocycles. The van der Waals surface area contributed by atoms with Gasteiger partial charge in [0.2, 0.25) is 5.13 Å². The van der Waals surface area contributed by atoms with E-state index >= 15 is 0 Å². The van der Waals surface area contributed by atoms with Crippen molar-refractivity contribution in [3.63, 3.8) is 0 Å². The Morgan fingerprint density at radius 3 is 2.61 bits per heavy atom. The van der Waals surface area contributed by atoms with E-state index in [1.54, 1.807) is 30.3 Å². The summed E-state index contributed by atoms with van der Waals surface area (Å²) in [5.74, 6) is -0.813. The van der Waals surface area contributed by atoms with Gasteiger partial charge in [-0.25, -0.2) is 4.39 Å². The number of ether oxygens (including phenoxy) is 1. The van der Waals surface area contributed by atoms with E-state index in [1.807, 2.05) is 6.07 Å². The minimum atomic E-state index is -0.920. The summed E-state index contributed by atoms with van der Waals surface area (Å²) in [7, 11) is 0. The number of aromatic nitrogens is 2. The molecule has 3 aromatic rings. The molecule has 0 aliphatic heterocycles. The van der Waals surface area contributed by atoms with E-state index in [0.29, 0.717) is 9.90 Å². The minimum Gasteiger partial charge on any atom is -0.478 e. The molecular formula is C19H16FN3O3S2. The summed E-state index contributed by atoms with van der Waals surface area (Å²) >= 11 is 2.40. The number of benzene rings is 2. The van der Waals surface area contributed by atoms with Gasteiger partial charge >= 0.3 is 0 Å². The van der Waals surface area contributed by atoms with E-state index < -0.39 is 17.8 Å². The van der Waals surface area contributed by atoms with Crippen molar-refractivity contribution >= 4 is 39.9 Å². The summed E-state index contributed by atoms with van der Waals surface area (Å²) in [5.41, 5.74) is 0.632. The number of thioether (sulfide) groups is 1. The SMILES string of the molecule is CC(Oc1ccccc1F)C(=O)Nc1nnc(SCC(=O)c2ccccc2)s1. The van der Waals surface area contributed by atoms with Crippen LogP contribution in [0.4, 0.5) is 9.52 Å². The van der Waals surface area contributed by atoms with Crippen LogP contribution in [0.2, 0.25) is 0 Å². The van der Waals surface area contributed by atoms with Gasteiger partial charge in [0.1, 0.15) is 0 Å². The predicted molar refractivity (Wildman–Crippen MR) is 107 cm³/mol. The molecule has 0 aliphatic rings. The largest absolute Gasteiger partial charge is 0.478 e. The highest BCUT2D eigenvalue weighted by atomic mass is 32.2. The Hall–Kier alpha value is -2.78. The second-order valence-electron chi connectivity index (χ2n) is 5.63. The standard InChI is InChI=1S/C19H16FN3O3S2/c1-12(26-16-10-6-5-9-14(16)20)17(25)21-18-22-23-19(28-18)27-11-15(24)13-7-3-2-4-8-13/h2-10,12H,11H2,1H3,(H,21,22,25). The molecule has 28 heavy (non-hydrogen) atoms. The van der Waals surface area contributed by atoms with Gasteiger partial charge in [-0.2, -0.15) is 0 Å². The zero-order valence-electron chi connectivity index (χ0n) is 14.8. The fourth-order valence-corrected chi connectivity index (χ4v) is 3.79. The van der Waals surface area contributed by atoms with E-state index in [1.165, 1.54) is 36.9 Å². The van der Waals surface area contributed by atoms with E-state index in [-0.39, 0.29) is 22.4 Å². The van der Waals surface area contributed by atoms with Crippen molar-refractivity contribution in [2.24, 2.45) is 0 Å². The smallest absolute Gasteiger partial charge is 0.266 e. The van der Waals surface area contributed by atoms with Gasteiger partial charge in [0.15, 0.2) is 27.8 Å². The molecule has 0 spiro atoms. The number of nitrogens with one attached hydrogen (secondary N) is 1. The van der Waals surface area contributed by atoms with Crippen LogP contribution in [0.25, 0.3) is 0 Å². The number of hydrogen-bond donors (Lipinski definition) is 1. The molecule has 1 atom stereocenters. The van der Waals surface area contributed by atoms with Crippen LogP contribution in [0.3, 0.4) is 0 Å². The first-order valence-electron chi connectivity index (χ1n) is 8.29. The summed E-state index contributed by atoms with van der Waals surface area (Å²) in [4.78, 5) is 24.3. The summed E-state index contributed by atoms with van der Waals surface area (Å²) in [6.45, 7) is 1.51. The zero-order chi connectivity index (χ0) is 19.9. The van der Waals surface area contributed by atoms with Crippen LogP contribution in [0.5, 0.6) is 5.75 Å². The molecule has 0 bridgehead atoms. The molecule has 144 valence electrons. The number of carbonyl (C=O) groups is 2. The van der Waals surface area contributed by atoms with Crippen molar-refractivity contribution in [3.8, 4) is 5.75 Å². The van der Waals surface area contributed by atoms with Gasteiger partial charge in [0.05, 0.1) is 5.75 Å². The van der Waals surface area contributed by atoms with Gasteiger partial charge in [-0.1, -0.05) is 65.6 Å². The van der Waals surface area contributed by atoms with Crippen molar-refractivity contribution in [2.75, 3.05) is 11.1 Å². The van der Waals surface area contributed by atoms with Gasteiger partial charge in [-0.15, -0.1) is 10.2 Å². The second-order valence-corrected chi connectivity index (χ2v) is 7.83. The Labute approximate surface area is 169 Å². The number of rotatable bonds is 8. The van der Waals surface area contributed by atoms with E-state index in [9.17, 15) is 14.0 Å². The third-order valence-corrected chi connectivity index (χ3v) is 5.54. The van der Waals surface area contributed by atoms with Gasteiger partial charge in [-0.3, -0.25) is 14.9 Å². The van der Waals surface area contributed by atoms with Crippen LogP contribution in [0.15, 0.2) is 58.9 Å². The summed E-state index contributed by atoms with van der Waals surface area (Å²) < 4.78 is 19.5. The second kappa shape index (κ2) is 9.43. The average Bonchev–Trinajstić information content (AvgIpc) is 3.15. The molecule has 0 aliphatic carbocycles. The van der Waals surface area contributed by atoms with Crippen LogP contribution < -0.4 is 10.1 Å². The zero-order valence-corrected chi connectivity index (χ0v) is 16.4. The van der Waals surface area contributed by atoms with E-state index in [4.69, 9.17) is 4.74 Å². The fraction of sp³-hybridized carbons (Fsp3) is 0.158. The van der Waals surface area contributed by atoms with Gasteiger partial charge in [-0.05, 0) is 19.1 Å². The third-order valence-electron chi connectivity index (χ3n) is 3.57. The van der Waals surface area contributed by atoms with Gasteiger partial charge in [0.25, 0.3) is 5.91 Å². The van der Waals surface area contributed by atoms with Crippen LogP contribution in [-0.4, -0.2) is 33.7 Å². The number of amides is 1. The Kier molecular flexibility index (Phi) is 6.72. The number of para-hydroxylation sites is 1. The van der Waals surface area contributed by atoms with E-state index in [0.717, 1.165) is 11.3 Å². The van der Waals surface area contributed by atoms with Gasteiger partial charge < -0.3 is 4.74 Å². The lowest BCUT2D eigenvalue weighted by atomic mass is 10.2. The lowest BCUT2D eigenvalue weighted by Gasteiger charge is -2.13. The molecule has 1 heterocycles. The molecule has 0 saturated heterocycles. The molecule has 1 N–H and O–H groups in total.